The lowest BCUT2D eigenvalue weighted by molar-refractivity contribution is 0.592. The number of imidazole rings is 1. The Morgan fingerprint density at radius 1 is 1.29 bits per heavy atom. The lowest BCUT2D eigenvalue weighted by Gasteiger charge is -2.16. The third-order valence-corrected chi connectivity index (χ3v) is 4.88. The molecule has 0 saturated heterocycles. The summed E-state index contributed by atoms with van der Waals surface area (Å²) in [5.41, 5.74) is 2.84. The summed E-state index contributed by atoms with van der Waals surface area (Å²) in [4.78, 5) is 10.4. The van der Waals surface area contributed by atoms with E-state index in [0.717, 1.165) is 27.7 Å². The molecule has 112 valence electrons. The number of hydrogen-bond donors (Lipinski definition) is 0. The summed E-state index contributed by atoms with van der Waals surface area (Å²) in [5, 5.41) is 5.36. The van der Waals surface area contributed by atoms with Crippen LogP contribution in [-0.4, -0.2) is 24.3 Å². The summed E-state index contributed by atoms with van der Waals surface area (Å²) in [5.74, 6) is 0.864. The van der Waals surface area contributed by atoms with Crippen molar-refractivity contribution >= 4 is 34.1 Å². The van der Waals surface area contributed by atoms with E-state index < -0.39 is 0 Å². The van der Waals surface area contributed by atoms with Crippen molar-refractivity contribution < 1.29 is 0 Å². The van der Waals surface area contributed by atoms with Crippen molar-refractivity contribution in [2.24, 2.45) is 7.05 Å². The summed E-state index contributed by atoms with van der Waals surface area (Å²) in [6.07, 6.45) is 1.91. The predicted octanol–water partition coefficient (Wildman–Crippen LogP) is 3.75. The molecule has 3 aromatic heterocycles. The van der Waals surface area contributed by atoms with Crippen LogP contribution in [-0.2, 0) is 7.05 Å². The van der Waals surface area contributed by atoms with Gasteiger partial charge < -0.3 is 4.57 Å². The van der Waals surface area contributed by atoms with Crippen LogP contribution in [0.1, 0.15) is 46.7 Å². The van der Waals surface area contributed by atoms with Crippen molar-refractivity contribution in [3.05, 3.63) is 27.6 Å². The Balaban J connectivity index is 2.26. The third-order valence-electron chi connectivity index (χ3n) is 3.60. The van der Waals surface area contributed by atoms with Gasteiger partial charge in [0.25, 0.3) is 0 Å². The zero-order valence-corrected chi connectivity index (χ0v) is 14.3. The Labute approximate surface area is 132 Å². The number of aromatic nitrogens is 5. The molecule has 21 heavy (non-hydrogen) atoms. The van der Waals surface area contributed by atoms with Gasteiger partial charge in [0.15, 0.2) is 5.65 Å². The van der Waals surface area contributed by atoms with Gasteiger partial charge in [-0.3, -0.25) is 4.68 Å². The third kappa shape index (κ3) is 2.26. The Morgan fingerprint density at radius 3 is 2.57 bits per heavy atom. The zero-order valence-electron chi connectivity index (χ0n) is 12.8. The summed E-state index contributed by atoms with van der Waals surface area (Å²) in [7, 11) is 1.94. The Hall–Kier alpha value is -1.40. The molecule has 2 atom stereocenters. The highest BCUT2D eigenvalue weighted by Crippen LogP contribution is 2.33. The molecule has 0 N–H and O–H groups in total. The molecule has 0 aliphatic heterocycles. The second-order valence-corrected chi connectivity index (χ2v) is 7.24. The van der Waals surface area contributed by atoms with E-state index in [1.165, 1.54) is 4.88 Å². The molecule has 0 bridgehead atoms. The molecule has 0 aromatic carbocycles. The van der Waals surface area contributed by atoms with Crippen molar-refractivity contribution in [1.82, 2.24) is 24.3 Å². The molecular weight excluding hydrogens is 306 g/mol. The fourth-order valence-corrected chi connectivity index (χ4v) is 3.62. The van der Waals surface area contributed by atoms with Gasteiger partial charge in [0.2, 0.25) is 0 Å². The van der Waals surface area contributed by atoms with Gasteiger partial charge in [0, 0.05) is 18.1 Å². The van der Waals surface area contributed by atoms with Crippen molar-refractivity contribution in [2.45, 2.75) is 39.1 Å². The van der Waals surface area contributed by atoms with E-state index in [1.54, 1.807) is 11.3 Å². The van der Waals surface area contributed by atoms with E-state index in [1.807, 2.05) is 31.8 Å². The fourth-order valence-electron chi connectivity index (χ4n) is 2.65. The largest absolute Gasteiger partial charge is 0.302 e. The number of hydrogen-bond acceptors (Lipinski definition) is 4. The first kappa shape index (κ1) is 14.5. The Kier molecular flexibility index (Phi) is 3.53. The number of nitrogens with zero attached hydrogens (tertiary/aromatic N) is 5. The normalized spacial score (nSPS) is 14.8. The molecule has 0 radical (unpaired) electrons. The number of halogens is 1. The minimum atomic E-state index is -0.166. The van der Waals surface area contributed by atoms with Crippen molar-refractivity contribution in [3.63, 3.8) is 0 Å². The van der Waals surface area contributed by atoms with Gasteiger partial charge in [-0.15, -0.1) is 22.9 Å². The van der Waals surface area contributed by atoms with Gasteiger partial charge in [-0.05, 0) is 27.7 Å². The van der Waals surface area contributed by atoms with Crippen molar-refractivity contribution in [3.8, 4) is 0 Å². The van der Waals surface area contributed by atoms with E-state index >= 15 is 0 Å². The average molecular weight is 324 g/mol. The summed E-state index contributed by atoms with van der Waals surface area (Å²) < 4.78 is 4.03. The quantitative estimate of drug-likeness (QED) is 0.690. The molecule has 5 nitrogen and oxygen atoms in total. The number of aryl methyl sites for hydroxylation is 3. The van der Waals surface area contributed by atoms with Crippen LogP contribution < -0.4 is 0 Å². The number of rotatable bonds is 3. The molecular formula is C14H18ClN5S. The van der Waals surface area contributed by atoms with Crippen LogP contribution in [0.4, 0.5) is 0 Å². The SMILES string of the molecule is Cc1cnc(C(C)n2c(C(C)Cl)nc3c(C)nn(C)c32)s1. The monoisotopic (exact) mass is 323 g/mol. The molecule has 0 fully saturated rings. The molecule has 7 heteroatoms. The molecule has 3 rings (SSSR count). The van der Waals surface area contributed by atoms with Crippen LogP contribution in [0, 0.1) is 13.8 Å². The molecule has 3 aromatic rings. The topological polar surface area (TPSA) is 48.5 Å². The number of alkyl halides is 1. The summed E-state index contributed by atoms with van der Waals surface area (Å²) in [6.45, 7) is 8.11. The predicted molar refractivity (Wildman–Crippen MR) is 86.2 cm³/mol. The van der Waals surface area contributed by atoms with E-state index in [-0.39, 0.29) is 11.4 Å². The number of thiazole rings is 1. The first-order valence-corrected chi connectivity index (χ1v) is 8.13. The van der Waals surface area contributed by atoms with E-state index in [2.05, 4.69) is 28.5 Å². The second kappa shape index (κ2) is 5.10. The van der Waals surface area contributed by atoms with Gasteiger partial charge >= 0.3 is 0 Å². The maximum Gasteiger partial charge on any atom is 0.159 e. The maximum absolute atomic E-state index is 6.35. The van der Waals surface area contributed by atoms with Crippen LogP contribution in [0.25, 0.3) is 11.2 Å². The average Bonchev–Trinajstić information content (AvgIpc) is 3.06. The van der Waals surface area contributed by atoms with Crippen molar-refractivity contribution in [2.75, 3.05) is 0 Å². The van der Waals surface area contributed by atoms with Crippen LogP contribution in [0.2, 0.25) is 0 Å². The minimum absolute atomic E-state index is 0.0831. The van der Waals surface area contributed by atoms with Gasteiger partial charge in [-0.1, -0.05) is 0 Å². The lowest BCUT2D eigenvalue weighted by atomic mass is 10.3. The van der Waals surface area contributed by atoms with Crippen LogP contribution in [0.3, 0.4) is 0 Å². The highest BCUT2D eigenvalue weighted by Gasteiger charge is 2.25. The lowest BCUT2D eigenvalue weighted by Crippen LogP contribution is -2.13. The maximum atomic E-state index is 6.35. The zero-order chi connectivity index (χ0) is 15.3. The first-order chi connectivity index (χ1) is 9.90. The fraction of sp³-hybridized carbons (Fsp3) is 0.500. The number of fused-ring (bicyclic) bond motifs is 1. The van der Waals surface area contributed by atoms with Gasteiger partial charge in [0.1, 0.15) is 16.3 Å². The van der Waals surface area contributed by atoms with Crippen LogP contribution >= 0.6 is 22.9 Å². The first-order valence-electron chi connectivity index (χ1n) is 6.88. The summed E-state index contributed by atoms with van der Waals surface area (Å²) in [6, 6.07) is 0.0831. The van der Waals surface area contributed by atoms with E-state index in [9.17, 15) is 0 Å². The molecule has 0 aliphatic rings. The second-order valence-electron chi connectivity index (χ2n) is 5.32. The van der Waals surface area contributed by atoms with E-state index in [4.69, 9.17) is 16.6 Å². The molecule has 0 aliphatic carbocycles. The Bertz CT molecular complexity index is 798. The molecule has 0 saturated carbocycles. The molecule has 2 unspecified atom stereocenters. The summed E-state index contributed by atoms with van der Waals surface area (Å²) >= 11 is 8.05. The van der Waals surface area contributed by atoms with Crippen LogP contribution in [0.5, 0.6) is 0 Å². The smallest absolute Gasteiger partial charge is 0.159 e. The molecule has 3 heterocycles. The molecule has 0 spiro atoms. The van der Waals surface area contributed by atoms with E-state index in [0.29, 0.717) is 0 Å². The Morgan fingerprint density at radius 2 is 2.00 bits per heavy atom. The molecule has 0 amide bonds. The van der Waals surface area contributed by atoms with Gasteiger partial charge in [0.05, 0.1) is 17.1 Å². The minimum Gasteiger partial charge on any atom is -0.302 e. The standard InChI is InChI=1S/C14H18ClN5S/c1-7-6-16-13(21-7)10(4)20-12(8(2)15)17-11-9(3)18-19(5)14(11)20/h6,8,10H,1-5H3. The van der Waals surface area contributed by atoms with Gasteiger partial charge in [-0.2, -0.15) is 5.10 Å². The van der Waals surface area contributed by atoms with Crippen molar-refractivity contribution in [1.29, 1.82) is 0 Å². The van der Waals surface area contributed by atoms with Gasteiger partial charge in [-0.25, -0.2) is 9.97 Å². The highest BCUT2D eigenvalue weighted by atomic mass is 35.5. The highest BCUT2D eigenvalue weighted by molar-refractivity contribution is 7.11. The van der Waals surface area contributed by atoms with Crippen LogP contribution in [0.15, 0.2) is 6.20 Å².